The SMILES string of the molecule is CN1C[C@@H]2C[C@H]1CN2OCc1n[nH]c2ccc(-c3ccsc3)cc12. The summed E-state index contributed by atoms with van der Waals surface area (Å²) in [4.78, 5) is 8.53. The van der Waals surface area contributed by atoms with Crippen LogP contribution in [0.25, 0.3) is 22.0 Å². The van der Waals surface area contributed by atoms with Gasteiger partial charge in [-0.2, -0.15) is 21.5 Å². The van der Waals surface area contributed by atoms with Gasteiger partial charge in [0.25, 0.3) is 0 Å². The van der Waals surface area contributed by atoms with Crippen molar-refractivity contribution in [3.05, 3.63) is 40.7 Å². The van der Waals surface area contributed by atoms with Gasteiger partial charge in [-0.25, -0.2) is 0 Å². The van der Waals surface area contributed by atoms with E-state index < -0.39 is 0 Å². The summed E-state index contributed by atoms with van der Waals surface area (Å²) in [6.45, 7) is 2.64. The molecule has 4 heterocycles. The van der Waals surface area contributed by atoms with Crippen molar-refractivity contribution in [1.29, 1.82) is 0 Å². The number of fused-ring (bicyclic) bond motifs is 3. The lowest BCUT2D eigenvalue weighted by molar-refractivity contribution is -0.192. The zero-order valence-electron chi connectivity index (χ0n) is 13.6. The molecule has 1 N–H and O–H groups in total. The van der Waals surface area contributed by atoms with Gasteiger partial charge in [0.2, 0.25) is 0 Å². The van der Waals surface area contributed by atoms with Gasteiger partial charge in [0.05, 0.1) is 11.2 Å². The highest BCUT2D eigenvalue weighted by molar-refractivity contribution is 7.08. The van der Waals surface area contributed by atoms with Crippen molar-refractivity contribution >= 4 is 22.2 Å². The van der Waals surface area contributed by atoms with E-state index in [4.69, 9.17) is 4.84 Å². The van der Waals surface area contributed by atoms with E-state index in [1.165, 1.54) is 17.5 Å². The second-order valence-electron chi connectivity index (χ2n) is 6.80. The van der Waals surface area contributed by atoms with Gasteiger partial charge in [-0.3, -0.25) is 9.94 Å². The summed E-state index contributed by atoms with van der Waals surface area (Å²) in [5, 5.41) is 15.2. The van der Waals surface area contributed by atoms with Crippen LogP contribution in [0.3, 0.4) is 0 Å². The van der Waals surface area contributed by atoms with Gasteiger partial charge in [-0.05, 0) is 53.6 Å². The molecule has 1 aromatic carbocycles. The van der Waals surface area contributed by atoms with Gasteiger partial charge >= 0.3 is 0 Å². The Hall–Kier alpha value is -1.73. The van der Waals surface area contributed by atoms with Crippen molar-refractivity contribution in [1.82, 2.24) is 20.2 Å². The Kier molecular flexibility index (Phi) is 3.45. The number of hydrogen-bond donors (Lipinski definition) is 1. The van der Waals surface area contributed by atoms with Crippen molar-refractivity contribution in [2.24, 2.45) is 0 Å². The molecule has 0 saturated carbocycles. The molecule has 24 heavy (non-hydrogen) atoms. The summed E-state index contributed by atoms with van der Waals surface area (Å²) in [5.74, 6) is 0. The Balaban J connectivity index is 1.36. The standard InChI is InChI=1S/C18H20N4OS/c1-21-8-15-7-14(21)9-22(15)23-10-18-16-6-12(13-4-5-24-11-13)2-3-17(16)19-20-18/h2-6,11,14-15H,7-10H2,1H3,(H,19,20)/t14-,15-/m0/s1. The molecule has 2 fully saturated rings. The number of aromatic amines is 1. The van der Waals surface area contributed by atoms with Crippen LogP contribution >= 0.6 is 11.3 Å². The third-order valence-corrected chi connectivity index (χ3v) is 6.01. The number of nitrogens with zero attached hydrogens (tertiary/aromatic N) is 3. The molecule has 0 spiro atoms. The normalized spacial score (nSPS) is 24.4. The van der Waals surface area contributed by atoms with Crippen molar-refractivity contribution < 1.29 is 4.84 Å². The van der Waals surface area contributed by atoms with Crippen LogP contribution in [-0.4, -0.2) is 52.4 Å². The number of hydroxylamine groups is 2. The number of aromatic nitrogens is 2. The predicted molar refractivity (Wildman–Crippen MR) is 95.7 cm³/mol. The number of thiophene rings is 1. The fraction of sp³-hybridized carbons (Fsp3) is 0.389. The zero-order valence-corrected chi connectivity index (χ0v) is 14.4. The van der Waals surface area contributed by atoms with Crippen LogP contribution in [0.15, 0.2) is 35.0 Å². The maximum Gasteiger partial charge on any atom is 0.113 e. The fourth-order valence-corrected chi connectivity index (χ4v) is 4.58. The first-order valence-corrected chi connectivity index (χ1v) is 9.31. The van der Waals surface area contributed by atoms with Gasteiger partial charge in [0, 0.05) is 30.6 Å². The number of rotatable bonds is 4. The van der Waals surface area contributed by atoms with E-state index in [9.17, 15) is 0 Å². The number of hydrogen-bond acceptors (Lipinski definition) is 5. The minimum atomic E-state index is 0.528. The van der Waals surface area contributed by atoms with Gasteiger partial charge in [-0.15, -0.1) is 0 Å². The number of nitrogens with one attached hydrogen (secondary N) is 1. The molecular formula is C18H20N4OS. The number of benzene rings is 1. The maximum atomic E-state index is 6.09. The van der Waals surface area contributed by atoms with Crippen molar-refractivity contribution in [2.75, 3.05) is 20.1 Å². The quantitative estimate of drug-likeness (QED) is 0.793. The van der Waals surface area contributed by atoms with Crippen LogP contribution in [0.5, 0.6) is 0 Å². The van der Waals surface area contributed by atoms with Crippen LogP contribution in [0.1, 0.15) is 12.1 Å². The predicted octanol–water partition coefficient (Wildman–Crippen LogP) is 3.11. The van der Waals surface area contributed by atoms with Gasteiger partial charge in [0.15, 0.2) is 0 Å². The maximum absolute atomic E-state index is 6.09. The molecule has 2 atom stereocenters. The molecule has 2 aliphatic rings. The number of likely N-dealkylation sites (N-methyl/N-ethyl adjacent to an activating group) is 1. The van der Waals surface area contributed by atoms with Crippen LogP contribution in [0.4, 0.5) is 0 Å². The summed E-state index contributed by atoms with van der Waals surface area (Å²) >= 11 is 1.72. The van der Waals surface area contributed by atoms with E-state index in [1.807, 2.05) is 0 Å². The molecule has 0 amide bonds. The highest BCUT2D eigenvalue weighted by Gasteiger charge is 2.42. The molecule has 0 aliphatic carbocycles. The van der Waals surface area contributed by atoms with Crippen molar-refractivity contribution in [3.63, 3.8) is 0 Å². The molecule has 0 unspecified atom stereocenters. The molecule has 124 valence electrons. The third-order valence-electron chi connectivity index (χ3n) is 5.33. The minimum Gasteiger partial charge on any atom is -0.300 e. The molecule has 0 radical (unpaired) electrons. The Morgan fingerprint density at radius 1 is 1.25 bits per heavy atom. The molecule has 2 saturated heterocycles. The molecule has 3 aromatic rings. The lowest BCUT2D eigenvalue weighted by Crippen LogP contribution is -2.44. The molecule has 5 rings (SSSR count). The molecule has 6 heteroatoms. The van der Waals surface area contributed by atoms with Crippen LogP contribution in [0, 0.1) is 0 Å². The first-order valence-electron chi connectivity index (χ1n) is 8.37. The van der Waals surface area contributed by atoms with Gasteiger partial charge in [0.1, 0.15) is 6.61 Å². The molecule has 2 bridgehead atoms. The Labute approximate surface area is 144 Å². The van der Waals surface area contributed by atoms with Crippen LogP contribution in [0.2, 0.25) is 0 Å². The van der Waals surface area contributed by atoms with E-state index in [0.717, 1.165) is 29.7 Å². The number of H-pyrrole nitrogens is 1. The Morgan fingerprint density at radius 3 is 2.96 bits per heavy atom. The summed E-state index contributed by atoms with van der Waals surface area (Å²) < 4.78 is 0. The molecule has 5 nitrogen and oxygen atoms in total. The zero-order chi connectivity index (χ0) is 16.1. The van der Waals surface area contributed by atoms with E-state index in [-0.39, 0.29) is 0 Å². The number of piperazine rings is 1. The summed E-state index contributed by atoms with van der Waals surface area (Å²) in [7, 11) is 2.20. The lowest BCUT2D eigenvalue weighted by Gasteiger charge is -2.30. The van der Waals surface area contributed by atoms with Gasteiger partial charge < -0.3 is 4.90 Å². The molecule has 2 aliphatic heterocycles. The van der Waals surface area contributed by atoms with E-state index in [0.29, 0.717) is 18.7 Å². The second kappa shape index (κ2) is 5.67. The topological polar surface area (TPSA) is 44.4 Å². The van der Waals surface area contributed by atoms with Crippen molar-refractivity contribution in [2.45, 2.75) is 25.1 Å². The fourth-order valence-electron chi connectivity index (χ4n) is 3.92. The smallest absolute Gasteiger partial charge is 0.113 e. The highest BCUT2D eigenvalue weighted by atomic mass is 32.1. The Bertz CT molecular complexity index is 857. The van der Waals surface area contributed by atoms with E-state index in [1.54, 1.807) is 11.3 Å². The second-order valence-corrected chi connectivity index (χ2v) is 7.58. The van der Waals surface area contributed by atoms with Crippen molar-refractivity contribution in [3.8, 4) is 11.1 Å². The average molecular weight is 340 g/mol. The van der Waals surface area contributed by atoms with Crippen LogP contribution < -0.4 is 0 Å². The summed E-state index contributed by atoms with van der Waals surface area (Å²) in [6.07, 6.45) is 1.22. The van der Waals surface area contributed by atoms with E-state index >= 15 is 0 Å². The monoisotopic (exact) mass is 340 g/mol. The first-order chi connectivity index (χ1) is 11.8. The first kappa shape index (κ1) is 14.6. The molecular weight excluding hydrogens is 320 g/mol. The van der Waals surface area contributed by atoms with Gasteiger partial charge in [-0.1, -0.05) is 6.07 Å². The highest BCUT2D eigenvalue weighted by Crippen LogP contribution is 2.31. The Morgan fingerprint density at radius 2 is 2.21 bits per heavy atom. The average Bonchev–Trinajstić information content (AvgIpc) is 3.36. The minimum absolute atomic E-state index is 0.528. The molecule has 2 aromatic heterocycles. The summed E-state index contributed by atoms with van der Waals surface area (Å²) in [6, 6.07) is 9.79. The number of likely N-dealkylation sites (tertiary alicyclic amines) is 1. The third kappa shape index (κ3) is 2.38. The lowest BCUT2D eigenvalue weighted by atomic mass is 10.1. The van der Waals surface area contributed by atoms with E-state index in [2.05, 4.69) is 62.2 Å². The summed E-state index contributed by atoms with van der Waals surface area (Å²) in [5.41, 5.74) is 4.54. The largest absolute Gasteiger partial charge is 0.300 e. The van der Waals surface area contributed by atoms with Crippen LogP contribution in [-0.2, 0) is 11.4 Å².